The molecular weight excluding hydrogens is 392 g/mol. The third kappa shape index (κ3) is 4.01. The minimum absolute atomic E-state index is 0.0218. The second-order valence-electron chi connectivity index (χ2n) is 8.02. The van der Waals surface area contributed by atoms with Gasteiger partial charge in [0.15, 0.2) is 0 Å². The Morgan fingerprint density at radius 3 is 2.55 bits per heavy atom. The summed E-state index contributed by atoms with van der Waals surface area (Å²) in [6, 6.07) is 3.63. The van der Waals surface area contributed by atoms with Gasteiger partial charge in [-0.2, -0.15) is 17.7 Å². The Morgan fingerprint density at radius 1 is 1.14 bits per heavy atom. The zero-order valence-corrected chi connectivity index (χ0v) is 17.7. The Labute approximate surface area is 170 Å². The summed E-state index contributed by atoms with van der Waals surface area (Å²) in [6.07, 6.45) is 6.33. The van der Waals surface area contributed by atoms with E-state index in [-0.39, 0.29) is 17.6 Å². The number of nitrogens with zero attached hydrogens (tertiary/aromatic N) is 4. The fraction of sp³-hybridized carbons (Fsp3) is 0.632. The normalized spacial score (nSPS) is 24.2. The Kier molecular flexibility index (Phi) is 5.58. The van der Waals surface area contributed by atoms with Crippen LogP contribution in [0.5, 0.6) is 0 Å². The standard InChI is InChI=1S/C19H28N6O3S/c1-13-4-3-5-16(13)25-17(26)7-6-14-12-21-19(23-18(14)25)22-15-8-10-24(11-9-15)29(27,28)20-2/h6-7,12-13,15-16,20H,3-5,8-11H2,1-2H3,(H,21,22,23)/t13-,16+/m1/s1. The van der Waals surface area contributed by atoms with Crippen LogP contribution in [-0.2, 0) is 10.2 Å². The topological polar surface area (TPSA) is 109 Å². The molecule has 10 heteroatoms. The van der Waals surface area contributed by atoms with Gasteiger partial charge in [-0.05, 0) is 37.7 Å². The number of piperidine rings is 1. The Morgan fingerprint density at radius 2 is 1.90 bits per heavy atom. The molecule has 29 heavy (non-hydrogen) atoms. The number of anilines is 1. The minimum Gasteiger partial charge on any atom is -0.351 e. The van der Waals surface area contributed by atoms with E-state index in [0.717, 1.165) is 24.6 Å². The molecule has 4 rings (SSSR count). The number of hydrogen-bond donors (Lipinski definition) is 2. The molecule has 1 saturated carbocycles. The predicted octanol–water partition coefficient (Wildman–Crippen LogP) is 1.49. The van der Waals surface area contributed by atoms with Gasteiger partial charge in [-0.3, -0.25) is 9.36 Å². The third-order valence-electron chi connectivity index (χ3n) is 6.20. The zero-order chi connectivity index (χ0) is 20.6. The van der Waals surface area contributed by atoms with E-state index in [2.05, 4.69) is 26.9 Å². The maximum absolute atomic E-state index is 12.6. The summed E-state index contributed by atoms with van der Waals surface area (Å²) in [6.45, 7) is 3.08. The lowest BCUT2D eigenvalue weighted by Crippen LogP contribution is -2.46. The molecule has 2 N–H and O–H groups in total. The molecule has 0 spiro atoms. The first-order valence-corrected chi connectivity index (χ1v) is 11.7. The molecule has 0 amide bonds. The summed E-state index contributed by atoms with van der Waals surface area (Å²) in [4.78, 5) is 21.7. The summed E-state index contributed by atoms with van der Waals surface area (Å²) in [5.74, 6) is 0.931. The second-order valence-corrected chi connectivity index (χ2v) is 9.89. The molecule has 158 valence electrons. The number of pyridine rings is 1. The molecule has 3 heterocycles. The van der Waals surface area contributed by atoms with Crippen LogP contribution in [0.1, 0.15) is 45.1 Å². The van der Waals surface area contributed by atoms with E-state index in [1.165, 1.54) is 11.4 Å². The van der Waals surface area contributed by atoms with Crippen LogP contribution < -0.4 is 15.6 Å². The predicted molar refractivity (Wildman–Crippen MR) is 112 cm³/mol. The van der Waals surface area contributed by atoms with Crippen molar-refractivity contribution in [1.29, 1.82) is 0 Å². The van der Waals surface area contributed by atoms with Crippen molar-refractivity contribution < 1.29 is 8.42 Å². The van der Waals surface area contributed by atoms with Gasteiger partial charge in [0.1, 0.15) is 5.65 Å². The highest BCUT2D eigenvalue weighted by atomic mass is 32.2. The van der Waals surface area contributed by atoms with Gasteiger partial charge in [-0.15, -0.1) is 0 Å². The summed E-state index contributed by atoms with van der Waals surface area (Å²) in [5.41, 5.74) is 0.649. The first-order chi connectivity index (χ1) is 13.9. The minimum atomic E-state index is -3.39. The highest BCUT2D eigenvalue weighted by Crippen LogP contribution is 2.35. The molecule has 0 aromatic carbocycles. The van der Waals surface area contributed by atoms with Crippen molar-refractivity contribution in [2.75, 3.05) is 25.5 Å². The van der Waals surface area contributed by atoms with Gasteiger partial charge < -0.3 is 5.32 Å². The van der Waals surface area contributed by atoms with Crippen LogP contribution in [0.4, 0.5) is 5.95 Å². The SMILES string of the molecule is CNS(=O)(=O)N1CCC(Nc2ncc3ccc(=O)n([C@H]4CCC[C@H]4C)c3n2)CC1. The molecule has 2 aromatic rings. The van der Waals surface area contributed by atoms with Gasteiger partial charge in [0.2, 0.25) is 5.95 Å². The first kappa shape index (κ1) is 20.2. The maximum Gasteiger partial charge on any atom is 0.279 e. The monoisotopic (exact) mass is 420 g/mol. The van der Waals surface area contributed by atoms with Crippen LogP contribution in [0, 0.1) is 5.92 Å². The number of fused-ring (bicyclic) bond motifs is 1. The van der Waals surface area contributed by atoms with E-state index in [1.807, 2.05) is 4.57 Å². The summed E-state index contributed by atoms with van der Waals surface area (Å²) >= 11 is 0. The number of rotatable bonds is 5. The molecule has 1 aliphatic heterocycles. The number of hydrogen-bond acceptors (Lipinski definition) is 6. The van der Waals surface area contributed by atoms with E-state index in [1.54, 1.807) is 18.3 Å². The van der Waals surface area contributed by atoms with Crippen molar-refractivity contribution in [2.45, 2.75) is 51.1 Å². The average Bonchev–Trinajstić information content (AvgIpc) is 3.13. The average molecular weight is 421 g/mol. The molecule has 1 aliphatic carbocycles. The molecule has 2 aromatic heterocycles. The van der Waals surface area contributed by atoms with Crippen molar-refractivity contribution in [2.24, 2.45) is 5.92 Å². The van der Waals surface area contributed by atoms with Gasteiger partial charge in [0.05, 0.1) is 0 Å². The smallest absolute Gasteiger partial charge is 0.279 e. The molecule has 1 saturated heterocycles. The van der Waals surface area contributed by atoms with Crippen molar-refractivity contribution >= 4 is 27.2 Å². The highest BCUT2D eigenvalue weighted by Gasteiger charge is 2.29. The summed E-state index contributed by atoms with van der Waals surface area (Å²) in [7, 11) is -1.96. The van der Waals surface area contributed by atoms with Crippen LogP contribution in [0.25, 0.3) is 11.0 Å². The van der Waals surface area contributed by atoms with Gasteiger partial charge in [0, 0.05) is 49.9 Å². The summed E-state index contributed by atoms with van der Waals surface area (Å²) in [5, 5.41) is 4.18. The van der Waals surface area contributed by atoms with E-state index in [4.69, 9.17) is 0 Å². The molecule has 0 bridgehead atoms. The first-order valence-electron chi connectivity index (χ1n) is 10.2. The Hall–Kier alpha value is -2.04. The van der Waals surface area contributed by atoms with Crippen LogP contribution in [0.15, 0.2) is 23.1 Å². The Bertz CT molecular complexity index is 1050. The molecule has 2 fully saturated rings. The van der Waals surface area contributed by atoms with E-state index in [0.29, 0.717) is 43.4 Å². The number of aromatic nitrogens is 3. The highest BCUT2D eigenvalue weighted by molar-refractivity contribution is 7.87. The maximum atomic E-state index is 12.6. The lowest BCUT2D eigenvalue weighted by molar-refractivity contribution is 0.326. The molecule has 9 nitrogen and oxygen atoms in total. The van der Waals surface area contributed by atoms with Crippen molar-refractivity contribution in [1.82, 2.24) is 23.6 Å². The van der Waals surface area contributed by atoms with Gasteiger partial charge in [0.25, 0.3) is 15.8 Å². The van der Waals surface area contributed by atoms with Crippen LogP contribution in [0.3, 0.4) is 0 Å². The molecule has 0 radical (unpaired) electrons. The number of nitrogens with one attached hydrogen (secondary N) is 2. The molecule has 0 unspecified atom stereocenters. The van der Waals surface area contributed by atoms with Crippen LogP contribution in [-0.4, -0.2) is 53.4 Å². The lowest BCUT2D eigenvalue weighted by Gasteiger charge is -2.31. The molecule has 2 aliphatic rings. The second kappa shape index (κ2) is 8.00. The fourth-order valence-electron chi connectivity index (χ4n) is 4.49. The van der Waals surface area contributed by atoms with Crippen LogP contribution in [0.2, 0.25) is 0 Å². The van der Waals surface area contributed by atoms with Crippen molar-refractivity contribution in [3.63, 3.8) is 0 Å². The Balaban J connectivity index is 1.56. The lowest BCUT2D eigenvalue weighted by atomic mass is 10.1. The van der Waals surface area contributed by atoms with Crippen LogP contribution >= 0.6 is 0 Å². The fourth-order valence-corrected chi connectivity index (χ4v) is 5.44. The van der Waals surface area contributed by atoms with E-state index < -0.39 is 10.2 Å². The summed E-state index contributed by atoms with van der Waals surface area (Å²) < 4.78 is 29.5. The zero-order valence-electron chi connectivity index (χ0n) is 16.8. The quantitative estimate of drug-likeness (QED) is 0.759. The van der Waals surface area contributed by atoms with E-state index >= 15 is 0 Å². The van der Waals surface area contributed by atoms with Gasteiger partial charge >= 0.3 is 0 Å². The van der Waals surface area contributed by atoms with Gasteiger partial charge in [-0.25, -0.2) is 9.71 Å². The molecular formula is C19H28N6O3S. The van der Waals surface area contributed by atoms with Gasteiger partial charge in [-0.1, -0.05) is 13.3 Å². The molecule has 2 atom stereocenters. The van der Waals surface area contributed by atoms with E-state index in [9.17, 15) is 13.2 Å². The van der Waals surface area contributed by atoms with Crippen molar-refractivity contribution in [3.05, 3.63) is 28.7 Å². The largest absolute Gasteiger partial charge is 0.351 e. The van der Waals surface area contributed by atoms with Crippen molar-refractivity contribution in [3.8, 4) is 0 Å². The third-order valence-corrected chi connectivity index (χ3v) is 7.76.